The van der Waals surface area contributed by atoms with Crippen molar-refractivity contribution in [1.82, 2.24) is 9.62 Å². The van der Waals surface area contributed by atoms with Crippen LogP contribution in [0.25, 0.3) is 0 Å². The number of hydrogen-bond acceptors (Lipinski definition) is 5. The fourth-order valence-electron chi connectivity index (χ4n) is 3.57. The molecule has 2 N–H and O–H groups in total. The third-order valence-electron chi connectivity index (χ3n) is 4.74. The Morgan fingerprint density at radius 1 is 1.38 bits per heavy atom. The maximum atomic E-state index is 12.4. The van der Waals surface area contributed by atoms with Crippen molar-refractivity contribution in [1.29, 1.82) is 0 Å². The summed E-state index contributed by atoms with van der Waals surface area (Å²) in [7, 11) is -1.30. The number of thiophene rings is 1. The summed E-state index contributed by atoms with van der Waals surface area (Å²) in [6.45, 7) is -0.121. The van der Waals surface area contributed by atoms with Crippen LogP contribution in [0.1, 0.15) is 37.7 Å². The number of fused-ring (bicyclic) bond motifs is 2. The molecule has 1 aromatic rings. The minimum absolute atomic E-state index is 0.0289. The van der Waals surface area contributed by atoms with E-state index in [-0.39, 0.29) is 12.6 Å². The van der Waals surface area contributed by atoms with Crippen molar-refractivity contribution < 1.29 is 13.5 Å². The Hall–Kier alpha value is -0.470. The molecular formula is C14H22N2O3S2. The van der Waals surface area contributed by atoms with Gasteiger partial charge in [0, 0.05) is 18.1 Å². The summed E-state index contributed by atoms with van der Waals surface area (Å²) in [4.78, 5) is 2.42. The lowest BCUT2D eigenvalue weighted by atomic mass is 9.83. The van der Waals surface area contributed by atoms with Crippen molar-refractivity contribution in [3.63, 3.8) is 0 Å². The number of nitrogens with one attached hydrogen (secondary N) is 1. The molecule has 2 atom stereocenters. The number of aliphatic hydroxyl groups excluding tert-OH is 1. The van der Waals surface area contributed by atoms with Crippen LogP contribution < -0.4 is 4.72 Å². The zero-order valence-corrected chi connectivity index (χ0v) is 13.8. The van der Waals surface area contributed by atoms with Crippen molar-refractivity contribution in [2.75, 3.05) is 7.05 Å². The maximum Gasteiger partial charge on any atom is 0.250 e. The van der Waals surface area contributed by atoms with Gasteiger partial charge in [-0.25, -0.2) is 13.1 Å². The third kappa shape index (κ3) is 3.17. The van der Waals surface area contributed by atoms with Gasteiger partial charge in [0.05, 0.1) is 6.61 Å². The first-order valence-corrected chi connectivity index (χ1v) is 9.78. The van der Waals surface area contributed by atoms with E-state index in [9.17, 15) is 8.42 Å². The Labute approximate surface area is 130 Å². The van der Waals surface area contributed by atoms with Gasteiger partial charge in [-0.05, 0) is 49.7 Å². The van der Waals surface area contributed by atoms with Crippen LogP contribution in [0.5, 0.6) is 0 Å². The van der Waals surface area contributed by atoms with Crippen molar-refractivity contribution in [3.05, 3.63) is 17.0 Å². The SMILES string of the molecule is CN1C2CCCC1CC(NS(=O)(=O)c1cc(CO)cs1)C2. The van der Waals surface area contributed by atoms with Gasteiger partial charge < -0.3 is 10.0 Å². The normalized spacial score (nSPS) is 30.5. The second-order valence-electron chi connectivity index (χ2n) is 6.13. The fourth-order valence-corrected chi connectivity index (χ4v) is 6.05. The van der Waals surface area contributed by atoms with Crippen LogP contribution >= 0.6 is 11.3 Å². The van der Waals surface area contributed by atoms with Gasteiger partial charge >= 0.3 is 0 Å². The number of sulfonamides is 1. The van der Waals surface area contributed by atoms with Gasteiger partial charge in [0.25, 0.3) is 0 Å². The largest absolute Gasteiger partial charge is 0.392 e. The van der Waals surface area contributed by atoms with Crippen LogP contribution in [0.4, 0.5) is 0 Å². The highest BCUT2D eigenvalue weighted by atomic mass is 32.2. The topological polar surface area (TPSA) is 69.6 Å². The molecule has 2 fully saturated rings. The van der Waals surface area contributed by atoms with E-state index in [1.54, 1.807) is 11.4 Å². The van der Waals surface area contributed by atoms with Crippen molar-refractivity contribution >= 4 is 21.4 Å². The van der Waals surface area contributed by atoms with Crippen molar-refractivity contribution in [2.24, 2.45) is 0 Å². The van der Waals surface area contributed by atoms with Gasteiger partial charge in [-0.1, -0.05) is 6.42 Å². The van der Waals surface area contributed by atoms with Gasteiger partial charge in [-0.15, -0.1) is 11.3 Å². The Morgan fingerprint density at radius 3 is 2.62 bits per heavy atom. The molecule has 0 amide bonds. The summed E-state index contributed by atoms with van der Waals surface area (Å²) in [5.74, 6) is 0. The quantitative estimate of drug-likeness (QED) is 0.878. The molecule has 118 valence electrons. The predicted octanol–water partition coefficient (Wildman–Crippen LogP) is 1.53. The summed E-state index contributed by atoms with van der Waals surface area (Å²) < 4.78 is 28.0. The van der Waals surface area contributed by atoms with E-state index in [4.69, 9.17) is 5.11 Å². The van der Waals surface area contributed by atoms with Crippen LogP contribution in [0.15, 0.2) is 15.7 Å². The van der Waals surface area contributed by atoms with E-state index >= 15 is 0 Å². The summed E-state index contributed by atoms with van der Waals surface area (Å²) in [5.41, 5.74) is 0.653. The zero-order chi connectivity index (χ0) is 15.0. The van der Waals surface area contributed by atoms with Gasteiger partial charge in [0.2, 0.25) is 10.0 Å². The number of rotatable bonds is 4. The summed E-state index contributed by atoms with van der Waals surface area (Å²) in [5, 5.41) is 10.8. The standard InChI is InChI=1S/C14H22N2O3S2/c1-16-12-3-2-4-13(16)7-11(6-12)15-21(18,19)14-5-10(8-17)9-20-14/h5,9,11-13,15,17H,2-4,6-8H2,1H3. The predicted molar refractivity (Wildman–Crippen MR) is 82.8 cm³/mol. The highest BCUT2D eigenvalue weighted by Crippen LogP contribution is 2.33. The zero-order valence-electron chi connectivity index (χ0n) is 12.2. The molecule has 21 heavy (non-hydrogen) atoms. The highest BCUT2D eigenvalue weighted by Gasteiger charge is 2.37. The lowest BCUT2D eigenvalue weighted by molar-refractivity contribution is 0.0536. The molecule has 0 aliphatic carbocycles. The van der Waals surface area contributed by atoms with E-state index in [1.165, 1.54) is 30.6 Å². The minimum Gasteiger partial charge on any atom is -0.392 e. The van der Waals surface area contributed by atoms with Crippen LogP contribution in [0.2, 0.25) is 0 Å². The summed E-state index contributed by atoms with van der Waals surface area (Å²) >= 11 is 1.17. The van der Waals surface area contributed by atoms with E-state index in [0.29, 0.717) is 21.9 Å². The first-order valence-electron chi connectivity index (χ1n) is 7.42. The van der Waals surface area contributed by atoms with Gasteiger partial charge in [0.1, 0.15) is 4.21 Å². The van der Waals surface area contributed by atoms with Crippen LogP contribution in [-0.4, -0.2) is 43.6 Å². The molecule has 0 radical (unpaired) electrons. The average Bonchev–Trinajstić information content (AvgIpc) is 2.89. The monoisotopic (exact) mass is 330 g/mol. The molecule has 3 rings (SSSR count). The second kappa shape index (κ2) is 5.96. The maximum absolute atomic E-state index is 12.4. The van der Waals surface area contributed by atoms with E-state index in [0.717, 1.165) is 12.8 Å². The average molecular weight is 330 g/mol. The summed E-state index contributed by atoms with van der Waals surface area (Å²) in [6, 6.07) is 2.59. The Kier molecular flexibility index (Phi) is 4.38. The van der Waals surface area contributed by atoms with E-state index in [1.807, 2.05) is 0 Å². The molecule has 3 heterocycles. The number of aliphatic hydroxyl groups is 1. The van der Waals surface area contributed by atoms with Crippen molar-refractivity contribution in [2.45, 2.75) is 61.0 Å². The third-order valence-corrected chi connectivity index (χ3v) is 7.75. The fraction of sp³-hybridized carbons (Fsp3) is 0.714. The lowest BCUT2D eigenvalue weighted by Gasteiger charge is -2.47. The number of piperidine rings is 2. The number of hydrogen-bond donors (Lipinski definition) is 2. The van der Waals surface area contributed by atoms with Crippen molar-refractivity contribution in [3.8, 4) is 0 Å². The highest BCUT2D eigenvalue weighted by molar-refractivity contribution is 7.91. The van der Waals surface area contributed by atoms with E-state index < -0.39 is 10.0 Å². The molecule has 5 nitrogen and oxygen atoms in total. The Morgan fingerprint density at radius 2 is 2.05 bits per heavy atom. The summed E-state index contributed by atoms with van der Waals surface area (Å²) in [6.07, 6.45) is 5.37. The molecule has 2 unspecified atom stereocenters. The Balaban J connectivity index is 1.71. The Bertz CT molecular complexity index is 585. The minimum atomic E-state index is -3.46. The van der Waals surface area contributed by atoms with Crippen LogP contribution in [0, 0.1) is 0 Å². The first-order chi connectivity index (χ1) is 9.99. The van der Waals surface area contributed by atoms with Crippen LogP contribution in [0.3, 0.4) is 0 Å². The second-order valence-corrected chi connectivity index (χ2v) is 8.98. The smallest absolute Gasteiger partial charge is 0.250 e. The van der Waals surface area contributed by atoms with Gasteiger partial charge in [0.15, 0.2) is 0 Å². The molecule has 1 aromatic heterocycles. The van der Waals surface area contributed by atoms with E-state index in [2.05, 4.69) is 16.7 Å². The molecular weight excluding hydrogens is 308 g/mol. The molecule has 2 aliphatic heterocycles. The molecule has 7 heteroatoms. The van der Waals surface area contributed by atoms with Crippen LogP contribution in [-0.2, 0) is 16.6 Å². The molecule has 2 saturated heterocycles. The first kappa shape index (κ1) is 15.4. The molecule has 0 spiro atoms. The lowest BCUT2D eigenvalue weighted by Crippen LogP contribution is -2.55. The molecule has 0 aromatic carbocycles. The van der Waals surface area contributed by atoms with Gasteiger partial charge in [-0.3, -0.25) is 0 Å². The molecule has 2 aliphatic rings. The van der Waals surface area contributed by atoms with Gasteiger partial charge in [-0.2, -0.15) is 0 Å². The molecule has 0 saturated carbocycles. The number of nitrogens with zero attached hydrogens (tertiary/aromatic N) is 1. The molecule has 2 bridgehead atoms.